The first-order valence-electron chi connectivity index (χ1n) is 3.41. The topological polar surface area (TPSA) is 47.9 Å². The third kappa shape index (κ3) is 4.01. The van der Waals surface area contributed by atoms with Crippen LogP contribution in [0.4, 0.5) is 0 Å². The van der Waals surface area contributed by atoms with Gasteiger partial charge in [-0.15, -0.1) is 0 Å². The largest absolute Gasteiger partial charge is 0.344 e. The number of thioether (sulfide) groups is 1. The van der Waals surface area contributed by atoms with Gasteiger partial charge in [0.25, 0.3) is 0 Å². The van der Waals surface area contributed by atoms with Gasteiger partial charge in [0, 0.05) is 11.9 Å². The quantitative estimate of drug-likeness (QED) is 0.758. The van der Waals surface area contributed by atoms with Gasteiger partial charge in [0.05, 0.1) is 5.69 Å². The Balaban J connectivity index is 0.000001000. The van der Waals surface area contributed by atoms with Gasteiger partial charge in [-0.2, -0.15) is 11.8 Å². The molecule has 0 amide bonds. The molecule has 0 aliphatic carbocycles. The van der Waals surface area contributed by atoms with Crippen molar-refractivity contribution in [1.82, 2.24) is 11.1 Å². The van der Waals surface area contributed by atoms with Gasteiger partial charge < -0.3 is 6.15 Å². The number of pyridine rings is 1. The Hall–Kier alpha value is -0.540. The lowest BCUT2D eigenvalue weighted by Gasteiger charge is -1.95. The van der Waals surface area contributed by atoms with E-state index in [1.807, 2.05) is 30.1 Å². The van der Waals surface area contributed by atoms with Crippen molar-refractivity contribution in [2.75, 3.05) is 5.75 Å². The zero-order chi connectivity index (χ0) is 7.23. The molecule has 1 aromatic heterocycles. The SMILES string of the molecule is CCSCc1ccccn1.N. The number of rotatable bonds is 3. The van der Waals surface area contributed by atoms with Gasteiger partial charge in [0.2, 0.25) is 0 Å². The summed E-state index contributed by atoms with van der Waals surface area (Å²) in [7, 11) is 0. The van der Waals surface area contributed by atoms with E-state index in [-0.39, 0.29) is 6.15 Å². The molecule has 0 aliphatic heterocycles. The standard InChI is InChI=1S/C8H11NS.H3N/c1-2-10-7-8-5-3-4-6-9-8;/h3-6H,2,7H2,1H3;1H3. The maximum Gasteiger partial charge on any atom is 0.0502 e. The van der Waals surface area contributed by atoms with Crippen molar-refractivity contribution >= 4 is 11.8 Å². The molecule has 2 nitrogen and oxygen atoms in total. The third-order valence-electron chi connectivity index (χ3n) is 1.18. The summed E-state index contributed by atoms with van der Waals surface area (Å²) in [5, 5.41) is 0. The van der Waals surface area contributed by atoms with Crippen LogP contribution in [0.3, 0.4) is 0 Å². The van der Waals surface area contributed by atoms with Gasteiger partial charge in [-0.05, 0) is 17.9 Å². The maximum absolute atomic E-state index is 4.20. The Morgan fingerprint density at radius 2 is 2.27 bits per heavy atom. The highest BCUT2D eigenvalue weighted by Gasteiger charge is 1.89. The molecule has 1 rings (SSSR count). The Morgan fingerprint density at radius 3 is 2.82 bits per heavy atom. The normalized spacial score (nSPS) is 8.82. The molecule has 3 N–H and O–H groups in total. The van der Waals surface area contributed by atoms with E-state index in [1.54, 1.807) is 0 Å². The summed E-state index contributed by atoms with van der Waals surface area (Å²) in [6, 6.07) is 6.03. The van der Waals surface area contributed by atoms with Gasteiger partial charge in [-0.1, -0.05) is 13.0 Å². The fraction of sp³-hybridized carbons (Fsp3) is 0.375. The average molecular weight is 170 g/mol. The van der Waals surface area contributed by atoms with Crippen molar-refractivity contribution in [3.8, 4) is 0 Å². The number of hydrogen-bond donors (Lipinski definition) is 1. The zero-order valence-corrected chi connectivity index (χ0v) is 7.60. The molecule has 0 saturated carbocycles. The van der Waals surface area contributed by atoms with E-state index >= 15 is 0 Å². The predicted molar refractivity (Wildman–Crippen MR) is 51.1 cm³/mol. The molecule has 0 spiro atoms. The van der Waals surface area contributed by atoms with Crippen LogP contribution in [0.15, 0.2) is 24.4 Å². The molecule has 1 aromatic rings. The molecule has 0 atom stereocenters. The lowest BCUT2D eigenvalue weighted by molar-refractivity contribution is 1.17. The number of aromatic nitrogens is 1. The van der Waals surface area contributed by atoms with Crippen LogP contribution in [-0.2, 0) is 5.75 Å². The summed E-state index contributed by atoms with van der Waals surface area (Å²) in [4.78, 5) is 4.20. The van der Waals surface area contributed by atoms with E-state index in [1.165, 1.54) is 5.69 Å². The second-order valence-electron chi connectivity index (χ2n) is 1.96. The summed E-state index contributed by atoms with van der Waals surface area (Å²) in [5.74, 6) is 2.20. The van der Waals surface area contributed by atoms with Gasteiger partial charge in [-0.25, -0.2) is 0 Å². The number of nitrogens with zero attached hydrogens (tertiary/aromatic N) is 1. The van der Waals surface area contributed by atoms with Crippen molar-refractivity contribution in [2.45, 2.75) is 12.7 Å². The van der Waals surface area contributed by atoms with Crippen molar-refractivity contribution in [3.05, 3.63) is 30.1 Å². The van der Waals surface area contributed by atoms with Crippen LogP contribution >= 0.6 is 11.8 Å². The van der Waals surface area contributed by atoms with Crippen LogP contribution in [0, 0.1) is 0 Å². The van der Waals surface area contributed by atoms with Crippen LogP contribution < -0.4 is 6.15 Å². The Bertz CT molecular complexity index is 177. The van der Waals surface area contributed by atoms with E-state index in [9.17, 15) is 0 Å². The van der Waals surface area contributed by atoms with Gasteiger partial charge in [-0.3, -0.25) is 4.98 Å². The van der Waals surface area contributed by atoms with Crippen LogP contribution in [0.1, 0.15) is 12.6 Å². The minimum atomic E-state index is 0. The summed E-state index contributed by atoms with van der Waals surface area (Å²) in [5.41, 5.74) is 1.18. The molecule has 0 unspecified atom stereocenters. The summed E-state index contributed by atoms with van der Waals surface area (Å²) in [6.07, 6.45) is 1.84. The fourth-order valence-electron chi connectivity index (χ4n) is 0.690. The monoisotopic (exact) mass is 170 g/mol. The van der Waals surface area contributed by atoms with Gasteiger partial charge >= 0.3 is 0 Å². The fourth-order valence-corrected chi connectivity index (χ4v) is 1.27. The van der Waals surface area contributed by atoms with Gasteiger partial charge in [0.1, 0.15) is 0 Å². The van der Waals surface area contributed by atoms with E-state index < -0.39 is 0 Å². The average Bonchev–Trinajstić information content (AvgIpc) is 2.03. The summed E-state index contributed by atoms with van der Waals surface area (Å²) >= 11 is 1.90. The smallest absolute Gasteiger partial charge is 0.0502 e. The van der Waals surface area contributed by atoms with Crippen LogP contribution in [0.25, 0.3) is 0 Å². The minimum Gasteiger partial charge on any atom is -0.344 e. The van der Waals surface area contributed by atoms with E-state index in [2.05, 4.69) is 18.0 Å². The first-order chi connectivity index (χ1) is 4.93. The molecule has 0 fully saturated rings. The summed E-state index contributed by atoms with van der Waals surface area (Å²) in [6.45, 7) is 2.16. The Labute approximate surface area is 72.0 Å². The van der Waals surface area contributed by atoms with E-state index in [0.29, 0.717) is 0 Å². The molecule has 1 heterocycles. The van der Waals surface area contributed by atoms with E-state index in [4.69, 9.17) is 0 Å². The molecule has 0 saturated heterocycles. The van der Waals surface area contributed by atoms with Crippen molar-refractivity contribution in [1.29, 1.82) is 0 Å². The molecule has 0 radical (unpaired) electrons. The highest BCUT2D eigenvalue weighted by molar-refractivity contribution is 7.98. The molecular weight excluding hydrogens is 156 g/mol. The Morgan fingerprint density at radius 1 is 1.45 bits per heavy atom. The maximum atomic E-state index is 4.20. The lowest BCUT2D eigenvalue weighted by atomic mass is 10.4. The van der Waals surface area contributed by atoms with Gasteiger partial charge in [0.15, 0.2) is 0 Å². The molecule has 0 aromatic carbocycles. The highest BCUT2D eigenvalue weighted by Crippen LogP contribution is 2.07. The van der Waals surface area contributed by atoms with Crippen molar-refractivity contribution in [3.63, 3.8) is 0 Å². The molecule has 62 valence electrons. The third-order valence-corrected chi connectivity index (χ3v) is 2.09. The van der Waals surface area contributed by atoms with Crippen molar-refractivity contribution < 1.29 is 0 Å². The second kappa shape index (κ2) is 6.19. The first-order valence-corrected chi connectivity index (χ1v) is 4.56. The van der Waals surface area contributed by atoms with Crippen LogP contribution in [-0.4, -0.2) is 10.7 Å². The first kappa shape index (κ1) is 10.5. The molecule has 11 heavy (non-hydrogen) atoms. The Kier molecular flexibility index (Phi) is 5.88. The minimum absolute atomic E-state index is 0. The van der Waals surface area contributed by atoms with Crippen LogP contribution in [0.5, 0.6) is 0 Å². The van der Waals surface area contributed by atoms with Crippen LogP contribution in [0.2, 0.25) is 0 Å². The lowest BCUT2D eigenvalue weighted by Crippen LogP contribution is -1.83. The molecule has 0 bridgehead atoms. The number of hydrogen-bond acceptors (Lipinski definition) is 3. The predicted octanol–water partition coefficient (Wildman–Crippen LogP) is 2.50. The highest BCUT2D eigenvalue weighted by atomic mass is 32.2. The summed E-state index contributed by atoms with van der Waals surface area (Å²) < 4.78 is 0. The second-order valence-corrected chi connectivity index (χ2v) is 3.23. The molecular formula is C8H14N2S. The van der Waals surface area contributed by atoms with E-state index in [0.717, 1.165) is 11.5 Å². The molecule has 3 heteroatoms. The molecule has 0 aliphatic rings. The van der Waals surface area contributed by atoms with Crippen molar-refractivity contribution in [2.24, 2.45) is 0 Å². The zero-order valence-electron chi connectivity index (χ0n) is 6.79.